The molecule has 1 atom stereocenters. The molecule has 1 aliphatic heterocycles. The molecule has 27 heavy (non-hydrogen) atoms. The van der Waals surface area contributed by atoms with Crippen LogP contribution in [0.15, 0.2) is 53.1 Å². The van der Waals surface area contributed by atoms with Crippen LogP contribution in [0.3, 0.4) is 0 Å². The molecule has 1 aliphatic rings. The molecule has 4 rings (SSSR count). The number of nitrogens with one attached hydrogen (secondary N) is 1. The van der Waals surface area contributed by atoms with Gasteiger partial charge in [0.05, 0.1) is 17.4 Å². The number of piperazine rings is 1. The molecule has 2 heterocycles. The summed E-state index contributed by atoms with van der Waals surface area (Å²) in [6, 6.07) is 14.6. The van der Waals surface area contributed by atoms with Crippen molar-refractivity contribution in [1.82, 2.24) is 10.2 Å². The molecular weight excluding hydrogens is 336 g/mol. The second-order valence-electron chi connectivity index (χ2n) is 7.56. The van der Waals surface area contributed by atoms with Crippen LogP contribution in [-0.2, 0) is 6.54 Å². The van der Waals surface area contributed by atoms with Gasteiger partial charge in [0.25, 0.3) is 0 Å². The Hall–Kier alpha value is -2.30. The second kappa shape index (κ2) is 7.75. The summed E-state index contributed by atoms with van der Waals surface area (Å²) in [7, 11) is -2.51. The van der Waals surface area contributed by atoms with Crippen LogP contribution >= 0.6 is 0 Å². The van der Waals surface area contributed by atoms with Crippen molar-refractivity contribution < 1.29 is 13.3 Å². The molecule has 2 aromatic carbocycles. The Balaban J connectivity index is 1.55. The molecule has 1 fully saturated rings. The van der Waals surface area contributed by atoms with E-state index in [1.54, 1.807) is 12.3 Å². The first-order chi connectivity index (χ1) is 14.3. The zero-order valence-electron chi connectivity index (χ0n) is 18.9. The number of furan rings is 1. The van der Waals surface area contributed by atoms with Crippen LogP contribution in [-0.4, -0.2) is 31.6 Å². The van der Waals surface area contributed by atoms with Crippen molar-refractivity contribution in [3.63, 3.8) is 0 Å². The number of hydrogen-bond donors (Lipinski definition) is 1. The minimum absolute atomic E-state index is 0.268. The standard InChI is InChI=1S/C23H28N2O2/c1-16(2)19-6-4-5-7-20(19)21-15-25(10-9-24-21)14-17-12-18-8-11-27-23(18)22(13-17)26-3/h4-8,11-13,16,21,24H,9-10,14-15H2,1-3H3/t21-/m0/s1/i3D3. The molecule has 4 heteroatoms. The third-order valence-corrected chi connectivity index (χ3v) is 5.35. The maximum atomic E-state index is 7.45. The Morgan fingerprint density at radius 3 is 3.04 bits per heavy atom. The van der Waals surface area contributed by atoms with Crippen molar-refractivity contribution in [3.05, 3.63) is 65.4 Å². The van der Waals surface area contributed by atoms with E-state index in [0.29, 0.717) is 11.5 Å². The van der Waals surface area contributed by atoms with Gasteiger partial charge >= 0.3 is 0 Å². The maximum Gasteiger partial charge on any atom is 0.175 e. The van der Waals surface area contributed by atoms with Crippen molar-refractivity contribution >= 4 is 11.0 Å². The number of fused-ring (bicyclic) bond motifs is 1. The third kappa shape index (κ3) is 3.73. The van der Waals surface area contributed by atoms with E-state index in [1.165, 1.54) is 11.1 Å². The molecule has 142 valence electrons. The molecule has 0 aliphatic carbocycles. The van der Waals surface area contributed by atoms with E-state index in [-0.39, 0.29) is 11.8 Å². The Kier molecular flexibility index (Phi) is 4.22. The lowest BCUT2D eigenvalue weighted by Crippen LogP contribution is -2.45. The van der Waals surface area contributed by atoms with E-state index in [1.807, 2.05) is 12.1 Å². The number of benzene rings is 2. The van der Waals surface area contributed by atoms with Crippen LogP contribution < -0.4 is 10.1 Å². The van der Waals surface area contributed by atoms with Crippen LogP contribution in [0.5, 0.6) is 5.75 Å². The Morgan fingerprint density at radius 2 is 2.19 bits per heavy atom. The number of hydrogen-bond acceptors (Lipinski definition) is 4. The highest BCUT2D eigenvalue weighted by molar-refractivity contribution is 5.83. The highest BCUT2D eigenvalue weighted by Crippen LogP contribution is 2.30. The number of rotatable bonds is 5. The lowest BCUT2D eigenvalue weighted by atomic mass is 9.92. The molecule has 0 amide bonds. The largest absolute Gasteiger partial charge is 0.493 e. The first-order valence-electron chi connectivity index (χ1n) is 11.0. The monoisotopic (exact) mass is 367 g/mol. The van der Waals surface area contributed by atoms with Crippen molar-refractivity contribution in [3.8, 4) is 5.75 Å². The quantitative estimate of drug-likeness (QED) is 0.709. The van der Waals surface area contributed by atoms with Gasteiger partial charge in [0, 0.05) is 37.6 Å². The average Bonchev–Trinajstić information content (AvgIpc) is 3.16. The first-order valence-corrected chi connectivity index (χ1v) is 9.54. The average molecular weight is 368 g/mol. The van der Waals surface area contributed by atoms with E-state index in [9.17, 15) is 0 Å². The van der Waals surface area contributed by atoms with Gasteiger partial charge in [0.15, 0.2) is 11.3 Å². The zero-order chi connectivity index (χ0) is 21.3. The zero-order valence-corrected chi connectivity index (χ0v) is 15.9. The third-order valence-electron chi connectivity index (χ3n) is 5.35. The molecule has 1 saturated heterocycles. The Morgan fingerprint density at radius 1 is 1.30 bits per heavy atom. The topological polar surface area (TPSA) is 37.6 Å². The molecule has 0 radical (unpaired) electrons. The number of methoxy groups -OCH3 is 1. The summed E-state index contributed by atoms with van der Waals surface area (Å²) < 4.78 is 33.0. The lowest BCUT2D eigenvalue weighted by Gasteiger charge is -2.35. The van der Waals surface area contributed by atoms with Gasteiger partial charge in [-0.25, -0.2) is 0 Å². The van der Waals surface area contributed by atoms with Gasteiger partial charge in [-0.15, -0.1) is 0 Å². The van der Waals surface area contributed by atoms with Crippen molar-refractivity contribution in [1.29, 1.82) is 0 Å². The predicted octanol–water partition coefficient (Wildman–Crippen LogP) is 4.71. The van der Waals surface area contributed by atoms with Gasteiger partial charge in [-0.3, -0.25) is 4.90 Å². The summed E-state index contributed by atoms with van der Waals surface area (Å²) in [5.41, 5.74) is 4.22. The second-order valence-corrected chi connectivity index (χ2v) is 7.56. The normalized spacial score (nSPS) is 20.4. The van der Waals surface area contributed by atoms with Crippen LogP contribution in [0, 0.1) is 0 Å². The minimum Gasteiger partial charge on any atom is -0.493 e. The van der Waals surface area contributed by atoms with Crippen LogP contribution in [0.25, 0.3) is 11.0 Å². The molecule has 0 unspecified atom stereocenters. The first kappa shape index (κ1) is 14.7. The summed E-state index contributed by atoms with van der Waals surface area (Å²) in [6.07, 6.45) is 1.56. The molecule has 0 spiro atoms. The van der Waals surface area contributed by atoms with Gasteiger partial charge in [0.2, 0.25) is 0 Å². The SMILES string of the molecule is [2H]C([2H])([2H])Oc1cc(CN2CCN[C@H](c3ccccc3C(C)C)C2)cc2ccoc12. The molecule has 0 saturated carbocycles. The molecule has 3 aromatic rings. The van der Waals surface area contributed by atoms with Gasteiger partial charge in [-0.2, -0.15) is 0 Å². The van der Waals surface area contributed by atoms with Gasteiger partial charge < -0.3 is 14.5 Å². The Bertz CT molecular complexity index is 1010. The fourth-order valence-electron chi connectivity index (χ4n) is 4.05. The summed E-state index contributed by atoms with van der Waals surface area (Å²) in [5.74, 6) is 0.741. The fraction of sp³-hybridized carbons (Fsp3) is 0.391. The van der Waals surface area contributed by atoms with Crippen LogP contribution in [0.1, 0.15) is 46.6 Å². The van der Waals surface area contributed by atoms with Crippen LogP contribution in [0.2, 0.25) is 0 Å². The molecular formula is C23H28N2O2. The van der Waals surface area contributed by atoms with Gasteiger partial charge in [-0.05, 0) is 40.8 Å². The van der Waals surface area contributed by atoms with Gasteiger partial charge in [-0.1, -0.05) is 38.1 Å². The molecule has 0 bridgehead atoms. The van der Waals surface area contributed by atoms with Crippen LogP contribution in [0.4, 0.5) is 0 Å². The van der Waals surface area contributed by atoms with Gasteiger partial charge in [0.1, 0.15) is 0 Å². The van der Waals surface area contributed by atoms with Crippen molar-refractivity contribution in [2.45, 2.75) is 32.4 Å². The predicted molar refractivity (Wildman–Crippen MR) is 109 cm³/mol. The maximum absolute atomic E-state index is 7.45. The molecule has 4 nitrogen and oxygen atoms in total. The summed E-state index contributed by atoms with van der Waals surface area (Å²) in [5, 5.41) is 4.51. The van der Waals surface area contributed by atoms with Crippen molar-refractivity contribution in [2.75, 3.05) is 26.7 Å². The summed E-state index contributed by atoms with van der Waals surface area (Å²) in [4.78, 5) is 2.40. The summed E-state index contributed by atoms with van der Waals surface area (Å²) in [6.45, 7) is 7.91. The van der Waals surface area contributed by atoms with E-state index < -0.39 is 7.04 Å². The highest BCUT2D eigenvalue weighted by atomic mass is 16.5. The van der Waals surface area contributed by atoms with Crippen molar-refractivity contribution in [2.24, 2.45) is 0 Å². The minimum atomic E-state index is -2.51. The van der Waals surface area contributed by atoms with E-state index in [4.69, 9.17) is 13.3 Å². The van der Waals surface area contributed by atoms with E-state index in [2.05, 4.69) is 48.3 Å². The lowest BCUT2D eigenvalue weighted by molar-refractivity contribution is 0.192. The van der Waals surface area contributed by atoms with E-state index in [0.717, 1.165) is 37.1 Å². The Labute approximate surface area is 165 Å². The number of nitrogens with zero attached hydrogens (tertiary/aromatic N) is 1. The molecule has 1 N–H and O–H groups in total. The number of ether oxygens (including phenoxy) is 1. The fourth-order valence-corrected chi connectivity index (χ4v) is 4.05. The molecule has 1 aromatic heterocycles. The summed E-state index contributed by atoms with van der Waals surface area (Å²) >= 11 is 0. The highest BCUT2D eigenvalue weighted by Gasteiger charge is 2.23. The van der Waals surface area contributed by atoms with E-state index >= 15 is 0 Å². The smallest absolute Gasteiger partial charge is 0.175 e.